The fraction of sp³-hybridized carbons (Fsp3) is 0.100. The Labute approximate surface area is 91.4 Å². The van der Waals surface area contributed by atoms with Crippen LogP contribution in [0.3, 0.4) is 0 Å². The van der Waals surface area contributed by atoms with Crippen LogP contribution in [-0.4, -0.2) is 4.98 Å². The second-order valence-electron chi connectivity index (χ2n) is 2.97. The third kappa shape index (κ3) is 1.74. The Morgan fingerprint density at radius 1 is 1.29 bits per heavy atom. The molecule has 2 heterocycles. The maximum Gasteiger partial charge on any atom is 0.0935 e. The van der Waals surface area contributed by atoms with E-state index in [1.165, 1.54) is 11.3 Å². The first-order valence-corrected chi connectivity index (χ1v) is 5.35. The normalized spacial score (nSPS) is 10.4. The van der Waals surface area contributed by atoms with Crippen LogP contribution in [0.25, 0.3) is 10.6 Å². The molecule has 0 unspecified atom stereocenters. The minimum Gasteiger partial charge on any atom is -0.397 e. The number of hydrogen-bond acceptors (Lipinski definition) is 3. The van der Waals surface area contributed by atoms with E-state index in [0.717, 1.165) is 26.3 Å². The summed E-state index contributed by atoms with van der Waals surface area (Å²) >= 11 is 7.36. The number of hydrogen-bond donors (Lipinski definition) is 1. The van der Waals surface area contributed by atoms with Crippen molar-refractivity contribution in [2.75, 3.05) is 5.73 Å². The van der Waals surface area contributed by atoms with Gasteiger partial charge in [-0.15, -0.1) is 11.3 Å². The Hall–Kier alpha value is -1.06. The van der Waals surface area contributed by atoms with E-state index in [1.807, 2.05) is 31.2 Å². The van der Waals surface area contributed by atoms with Crippen molar-refractivity contribution >= 4 is 28.6 Å². The largest absolute Gasteiger partial charge is 0.397 e. The Morgan fingerprint density at radius 3 is 2.64 bits per heavy atom. The van der Waals surface area contributed by atoms with Gasteiger partial charge in [-0.1, -0.05) is 11.6 Å². The zero-order valence-electron chi connectivity index (χ0n) is 7.62. The van der Waals surface area contributed by atoms with E-state index in [2.05, 4.69) is 4.98 Å². The van der Waals surface area contributed by atoms with Gasteiger partial charge in [0.2, 0.25) is 0 Å². The minimum atomic E-state index is 0.719. The van der Waals surface area contributed by atoms with Gasteiger partial charge in [0.15, 0.2) is 0 Å². The van der Waals surface area contributed by atoms with Crippen molar-refractivity contribution in [2.24, 2.45) is 0 Å². The first-order valence-electron chi connectivity index (χ1n) is 4.15. The van der Waals surface area contributed by atoms with Gasteiger partial charge >= 0.3 is 0 Å². The molecule has 2 N–H and O–H groups in total. The lowest BCUT2D eigenvalue weighted by Gasteiger charge is -2.01. The summed E-state index contributed by atoms with van der Waals surface area (Å²) in [5, 5.41) is 0. The Kier molecular flexibility index (Phi) is 2.44. The molecule has 0 spiro atoms. The molecule has 0 amide bonds. The van der Waals surface area contributed by atoms with Crippen LogP contribution < -0.4 is 5.73 Å². The molecular weight excluding hydrogens is 216 g/mol. The van der Waals surface area contributed by atoms with E-state index in [0.29, 0.717) is 0 Å². The third-order valence-electron chi connectivity index (χ3n) is 1.95. The Morgan fingerprint density at radius 2 is 2.07 bits per heavy atom. The smallest absolute Gasteiger partial charge is 0.0935 e. The minimum absolute atomic E-state index is 0.719. The van der Waals surface area contributed by atoms with Crippen LogP contribution in [0.5, 0.6) is 0 Å². The molecule has 4 heteroatoms. The summed E-state index contributed by atoms with van der Waals surface area (Å²) in [5.74, 6) is 0. The molecule has 0 saturated heterocycles. The average molecular weight is 225 g/mol. The number of thiophene rings is 1. The molecule has 0 aliphatic rings. The predicted octanol–water partition coefficient (Wildman–Crippen LogP) is 3.35. The number of halogens is 1. The molecule has 0 fully saturated rings. The highest BCUT2D eigenvalue weighted by molar-refractivity contribution is 7.19. The van der Waals surface area contributed by atoms with E-state index in [-0.39, 0.29) is 0 Å². The van der Waals surface area contributed by atoms with Crippen LogP contribution in [0.1, 0.15) is 5.69 Å². The van der Waals surface area contributed by atoms with Gasteiger partial charge < -0.3 is 5.73 Å². The summed E-state index contributed by atoms with van der Waals surface area (Å²) < 4.78 is 0.774. The van der Waals surface area contributed by atoms with Crippen molar-refractivity contribution in [1.82, 2.24) is 4.98 Å². The molecule has 2 aromatic rings. The molecular formula is C10H9ClN2S. The monoisotopic (exact) mass is 224 g/mol. The van der Waals surface area contributed by atoms with Crippen LogP contribution in [0.15, 0.2) is 24.3 Å². The van der Waals surface area contributed by atoms with Gasteiger partial charge in [-0.05, 0) is 31.2 Å². The van der Waals surface area contributed by atoms with Gasteiger partial charge in [0.25, 0.3) is 0 Å². The van der Waals surface area contributed by atoms with Crippen LogP contribution in [0.2, 0.25) is 4.34 Å². The van der Waals surface area contributed by atoms with Crippen molar-refractivity contribution in [3.8, 4) is 10.6 Å². The van der Waals surface area contributed by atoms with Gasteiger partial charge in [0.1, 0.15) is 0 Å². The zero-order valence-corrected chi connectivity index (χ0v) is 9.19. The maximum absolute atomic E-state index is 5.85. The topological polar surface area (TPSA) is 38.9 Å². The molecule has 2 nitrogen and oxygen atoms in total. The lowest BCUT2D eigenvalue weighted by atomic mass is 10.2. The van der Waals surface area contributed by atoms with E-state index in [9.17, 15) is 0 Å². The number of rotatable bonds is 1. The van der Waals surface area contributed by atoms with Gasteiger partial charge in [-0.3, -0.25) is 4.98 Å². The second kappa shape index (κ2) is 3.59. The quantitative estimate of drug-likeness (QED) is 0.807. The van der Waals surface area contributed by atoms with E-state index in [1.54, 1.807) is 0 Å². The van der Waals surface area contributed by atoms with Gasteiger partial charge in [0.05, 0.1) is 26.3 Å². The van der Waals surface area contributed by atoms with Crippen molar-refractivity contribution < 1.29 is 0 Å². The number of anilines is 1. The maximum atomic E-state index is 5.85. The number of nitrogen functional groups attached to an aromatic ring is 1. The summed E-state index contributed by atoms with van der Waals surface area (Å²) in [7, 11) is 0. The number of nitrogens with zero attached hydrogens (tertiary/aromatic N) is 1. The fourth-order valence-corrected chi connectivity index (χ4v) is 2.17. The van der Waals surface area contributed by atoms with Crippen molar-refractivity contribution in [1.29, 1.82) is 0 Å². The van der Waals surface area contributed by atoms with Crippen molar-refractivity contribution in [2.45, 2.75) is 6.92 Å². The van der Waals surface area contributed by atoms with E-state index >= 15 is 0 Å². The standard InChI is InChI=1S/C10H9ClN2S/c1-6-7(12)2-3-8(13-6)9-4-5-10(11)14-9/h2-5H,12H2,1H3. The van der Waals surface area contributed by atoms with Crippen LogP contribution in [0, 0.1) is 6.92 Å². The SMILES string of the molecule is Cc1nc(-c2ccc(Cl)s2)ccc1N. The molecule has 0 aromatic carbocycles. The number of pyridine rings is 1. The van der Waals surface area contributed by atoms with Crippen LogP contribution >= 0.6 is 22.9 Å². The number of aryl methyl sites for hydroxylation is 1. The highest BCUT2D eigenvalue weighted by atomic mass is 35.5. The summed E-state index contributed by atoms with van der Waals surface area (Å²) in [6.45, 7) is 1.90. The lowest BCUT2D eigenvalue weighted by molar-refractivity contribution is 1.22. The number of nitrogens with two attached hydrogens (primary N) is 1. The molecule has 0 bridgehead atoms. The molecule has 2 aromatic heterocycles. The Bertz CT molecular complexity index is 465. The molecule has 0 aliphatic carbocycles. The summed E-state index contributed by atoms with van der Waals surface area (Å²) in [6, 6.07) is 7.61. The molecule has 72 valence electrons. The van der Waals surface area contributed by atoms with E-state index < -0.39 is 0 Å². The molecule has 0 saturated carbocycles. The first kappa shape index (κ1) is 9.49. The van der Waals surface area contributed by atoms with Gasteiger partial charge in [-0.2, -0.15) is 0 Å². The van der Waals surface area contributed by atoms with E-state index in [4.69, 9.17) is 17.3 Å². The first-order chi connectivity index (χ1) is 6.66. The molecule has 0 aliphatic heterocycles. The average Bonchev–Trinajstić information content (AvgIpc) is 2.57. The summed E-state index contributed by atoms with van der Waals surface area (Å²) in [5.41, 5.74) is 8.18. The third-order valence-corrected chi connectivity index (χ3v) is 3.21. The van der Waals surface area contributed by atoms with Crippen LogP contribution in [0.4, 0.5) is 5.69 Å². The van der Waals surface area contributed by atoms with Crippen LogP contribution in [-0.2, 0) is 0 Å². The van der Waals surface area contributed by atoms with Gasteiger partial charge in [0, 0.05) is 0 Å². The fourth-order valence-electron chi connectivity index (χ4n) is 1.16. The lowest BCUT2D eigenvalue weighted by Crippen LogP contribution is -1.93. The predicted molar refractivity (Wildman–Crippen MR) is 61.7 cm³/mol. The van der Waals surface area contributed by atoms with Crippen molar-refractivity contribution in [3.63, 3.8) is 0 Å². The number of aromatic nitrogens is 1. The highest BCUT2D eigenvalue weighted by Gasteiger charge is 2.04. The molecule has 0 radical (unpaired) electrons. The second-order valence-corrected chi connectivity index (χ2v) is 4.69. The Balaban J connectivity index is 2.47. The van der Waals surface area contributed by atoms with Gasteiger partial charge in [-0.25, -0.2) is 0 Å². The highest BCUT2D eigenvalue weighted by Crippen LogP contribution is 2.30. The van der Waals surface area contributed by atoms with Crippen molar-refractivity contribution in [3.05, 3.63) is 34.3 Å². The summed E-state index contributed by atoms with van der Waals surface area (Å²) in [6.07, 6.45) is 0. The molecule has 0 atom stereocenters. The zero-order chi connectivity index (χ0) is 10.1. The summed E-state index contributed by atoms with van der Waals surface area (Å²) in [4.78, 5) is 5.45. The molecule has 2 rings (SSSR count). The molecule has 14 heavy (non-hydrogen) atoms.